The molecule has 2 saturated carbocycles. The number of aromatic nitrogens is 1. The summed E-state index contributed by atoms with van der Waals surface area (Å²) in [7, 11) is 3.20. The number of primary amides is 1. The second-order valence-electron chi connectivity index (χ2n) is 15.4. The van der Waals surface area contributed by atoms with Gasteiger partial charge in [0.15, 0.2) is 12.6 Å². The molecule has 0 spiro atoms. The lowest BCUT2D eigenvalue weighted by Crippen LogP contribution is -2.59. The molecule has 1 saturated heterocycles. The number of pyridine rings is 1. The van der Waals surface area contributed by atoms with E-state index in [1.807, 2.05) is 51.1 Å². The Morgan fingerprint density at radius 2 is 1.63 bits per heavy atom. The summed E-state index contributed by atoms with van der Waals surface area (Å²) in [6.45, 7) is 17.1. The Morgan fingerprint density at radius 1 is 1.04 bits per heavy atom. The van der Waals surface area contributed by atoms with Crippen LogP contribution in [-0.4, -0.2) is 90.3 Å². The number of hydrogen-bond acceptors (Lipinski definition) is 10. The summed E-state index contributed by atoms with van der Waals surface area (Å²) < 4.78 is 15.6. The third-order valence-corrected chi connectivity index (χ3v) is 8.70. The number of nitrogens with two attached hydrogens (primary N) is 1. The van der Waals surface area contributed by atoms with Gasteiger partial charge in [0.05, 0.1) is 14.2 Å². The predicted molar refractivity (Wildman–Crippen MR) is 214 cm³/mol. The number of nitrogens with zero attached hydrogens (tertiary/aromatic N) is 2. The summed E-state index contributed by atoms with van der Waals surface area (Å²) in [6.07, 6.45) is 5.78. The fraction of sp³-hybridized carbons (Fsp3) is 0.575. The van der Waals surface area contributed by atoms with Gasteiger partial charge in [-0.25, -0.2) is 4.79 Å². The smallest absolute Gasteiger partial charge is 0.408 e. The largest absolute Gasteiger partial charge is 0.481 e. The van der Waals surface area contributed by atoms with Crippen molar-refractivity contribution in [3.8, 4) is 11.8 Å². The van der Waals surface area contributed by atoms with Crippen LogP contribution in [0.1, 0.15) is 92.3 Å². The number of benzene rings is 1. The number of likely N-dealkylation sites (tertiary alicyclic amines) is 1. The summed E-state index contributed by atoms with van der Waals surface area (Å²) >= 11 is 0. The maximum atomic E-state index is 13.4. The molecule has 1 aromatic carbocycles. The van der Waals surface area contributed by atoms with Crippen molar-refractivity contribution in [2.45, 2.75) is 111 Å². The average molecular weight is 762 g/mol. The van der Waals surface area contributed by atoms with Gasteiger partial charge >= 0.3 is 6.09 Å². The van der Waals surface area contributed by atoms with Crippen molar-refractivity contribution < 1.29 is 47.3 Å². The van der Waals surface area contributed by atoms with Crippen molar-refractivity contribution in [2.75, 3.05) is 20.8 Å². The van der Waals surface area contributed by atoms with E-state index in [4.69, 9.17) is 29.5 Å². The van der Waals surface area contributed by atoms with E-state index < -0.39 is 46.5 Å². The van der Waals surface area contributed by atoms with Crippen LogP contribution in [0.4, 0.5) is 4.79 Å². The van der Waals surface area contributed by atoms with Gasteiger partial charge in [0.2, 0.25) is 29.5 Å². The first-order valence-electron chi connectivity index (χ1n) is 17.7. The number of alkyl carbamates (subject to hydrolysis) is 1. The molecule has 4 atom stereocenters. The van der Waals surface area contributed by atoms with Gasteiger partial charge in [-0.3, -0.25) is 24.0 Å². The SMILES string of the molecule is C.C=C[C@@H]1C[C@]1(NC(=O)[C@@H]1CCCN1C(=O)[C@@H](NC(=O)OC(C)(C)C)C(C)(C)C)C(N)=O.CC1CC1.COc1cc2ccccc2c(OC)n1.O=CC=O.[HH].[HH].[HH]. The van der Waals surface area contributed by atoms with Crippen LogP contribution in [0.15, 0.2) is 43.0 Å². The van der Waals surface area contributed by atoms with Crippen LogP contribution in [0.25, 0.3) is 10.8 Å². The fourth-order valence-corrected chi connectivity index (χ4v) is 5.48. The van der Waals surface area contributed by atoms with Gasteiger partial charge in [-0.05, 0) is 62.8 Å². The molecule has 0 bridgehead atoms. The Morgan fingerprint density at radius 3 is 2.07 bits per heavy atom. The summed E-state index contributed by atoms with van der Waals surface area (Å²) in [5.41, 5.74) is 3.05. The molecule has 2 aliphatic carbocycles. The lowest BCUT2D eigenvalue weighted by Gasteiger charge is -2.36. The van der Waals surface area contributed by atoms with Gasteiger partial charge in [0, 0.05) is 28.2 Å². The van der Waals surface area contributed by atoms with E-state index >= 15 is 0 Å². The highest BCUT2D eigenvalue weighted by atomic mass is 16.6. The summed E-state index contributed by atoms with van der Waals surface area (Å²) in [5.74, 6) is 0.649. The summed E-state index contributed by atoms with van der Waals surface area (Å²) in [5, 5.41) is 7.49. The number of amides is 4. The molecule has 5 rings (SSSR count). The molecule has 14 heteroatoms. The highest BCUT2D eigenvalue weighted by molar-refractivity contribution is 6.09. The molecule has 0 radical (unpaired) electrons. The van der Waals surface area contributed by atoms with Crippen molar-refractivity contribution in [3.05, 3.63) is 43.0 Å². The zero-order chi connectivity index (χ0) is 40.1. The van der Waals surface area contributed by atoms with Gasteiger partial charge in [0.1, 0.15) is 23.2 Å². The van der Waals surface area contributed by atoms with Gasteiger partial charge in [-0.2, -0.15) is 4.98 Å². The first kappa shape index (κ1) is 47.0. The normalized spacial score (nSPS) is 20.2. The van der Waals surface area contributed by atoms with Crippen LogP contribution in [0.5, 0.6) is 11.8 Å². The first-order valence-corrected chi connectivity index (χ1v) is 17.7. The highest BCUT2D eigenvalue weighted by Crippen LogP contribution is 2.44. The Hall–Kier alpha value is -5.01. The van der Waals surface area contributed by atoms with Gasteiger partial charge in [-0.1, -0.05) is 72.2 Å². The third kappa shape index (κ3) is 13.8. The molecule has 306 valence electrons. The highest BCUT2D eigenvalue weighted by Gasteiger charge is 2.59. The number of rotatable bonds is 9. The molecule has 14 nitrogen and oxygen atoms in total. The van der Waals surface area contributed by atoms with E-state index in [9.17, 15) is 19.2 Å². The Labute approximate surface area is 324 Å². The van der Waals surface area contributed by atoms with E-state index in [-0.39, 0.29) is 36.1 Å². The molecule has 1 aromatic heterocycles. The fourth-order valence-electron chi connectivity index (χ4n) is 5.48. The maximum absolute atomic E-state index is 13.4. The van der Waals surface area contributed by atoms with Gasteiger partial charge in [-0.15, -0.1) is 6.58 Å². The molecule has 3 aliphatic rings. The zero-order valence-corrected chi connectivity index (χ0v) is 32.5. The maximum Gasteiger partial charge on any atom is 0.408 e. The number of hydrogen-bond donors (Lipinski definition) is 3. The lowest BCUT2D eigenvalue weighted by atomic mass is 9.85. The molecular weight excluding hydrogens is 694 g/mol. The zero-order valence-electron chi connectivity index (χ0n) is 32.5. The first-order chi connectivity index (χ1) is 24.8. The minimum Gasteiger partial charge on any atom is -0.481 e. The number of carbonyl (C=O) groups is 6. The van der Waals surface area contributed by atoms with Crippen LogP contribution < -0.4 is 25.8 Å². The van der Waals surface area contributed by atoms with Crippen LogP contribution in [0, 0.1) is 17.3 Å². The number of ether oxygens (including phenoxy) is 3. The minimum absolute atomic E-state index is 0. The molecule has 2 aromatic rings. The van der Waals surface area contributed by atoms with Gasteiger partial charge < -0.3 is 35.5 Å². The molecule has 3 fully saturated rings. The molecule has 2 heterocycles. The number of nitrogens with one attached hydrogen (secondary N) is 2. The van der Waals surface area contributed by atoms with E-state index in [0.29, 0.717) is 37.6 Å². The summed E-state index contributed by atoms with van der Waals surface area (Å²) in [4.78, 5) is 74.0. The van der Waals surface area contributed by atoms with Gasteiger partial charge in [0.25, 0.3) is 0 Å². The Kier molecular flexibility index (Phi) is 17.8. The summed E-state index contributed by atoms with van der Waals surface area (Å²) in [6, 6.07) is 8.17. The second-order valence-corrected chi connectivity index (χ2v) is 15.4. The van der Waals surface area contributed by atoms with Crippen molar-refractivity contribution in [1.29, 1.82) is 0 Å². The van der Waals surface area contributed by atoms with Crippen LogP contribution >= 0.6 is 0 Å². The molecule has 4 amide bonds. The molecular formula is C40H67N5O9. The van der Waals surface area contributed by atoms with Crippen molar-refractivity contribution in [3.63, 3.8) is 0 Å². The Balaban J connectivity index is -0.000000924. The number of fused-ring (bicyclic) bond motifs is 1. The average Bonchev–Trinajstić information content (AvgIpc) is 3.99. The number of aldehydes is 2. The molecule has 4 N–H and O–H groups in total. The van der Waals surface area contributed by atoms with Crippen LogP contribution in [0.3, 0.4) is 0 Å². The lowest BCUT2D eigenvalue weighted by molar-refractivity contribution is -0.142. The number of carbonyl (C=O) groups excluding carboxylic acids is 6. The van der Waals surface area contributed by atoms with Crippen molar-refractivity contribution >= 4 is 47.2 Å². The quantitative estimate of drug-likeness (QED) is 0.157. The molecule has 54 heavy (non-hydrogen) atoms. The predicted octanol–water partition coefficient (Wildman–Crippen LogP) is 5.89. The standard InChI is InChI=1S/C22H36N4O5.C11H11NO2.C4H8.C2H2O2.CH4.3H2/c1-8-13-12-22(13,18(23)29)25-16(27)14-10-9-11-26(14)17(28)15(20(2,3)4)24-19(30)31-21(5,6)7;1-13-10-7-8-5-3-4-6-9(8)11(12-10)14-2;1-4-2-3-4;3-1-2-4;;;;/h8,13-15H,1,9-12H2,2-7H3,(H2,23,29)(H,24,30)(H,25,27);3-7H,1-2H3;4H,2-3H2,1H3;1-2H;1H4;3*1H/t13-,14+,15-,22-;;;;;;;/m1......./s1. The van der Waals surface area contributed by atoms with Crippen LogP contribution in [-0.2, 0) is 28.7 Å². The second kappa shape index (κ2) is 20.4. The van der Waals surface area contributed by atoms with Crippen molar-refractivity contribution in [2.24, 2.45) is 23.0 Å². The Bertz CT molecular complexity index is 1620. The third-order valence-electron chi connectivity index (χ3n) is 8.70. The van der Waals surface area contributed by atoms with Crippen LogP contribution in [0.2, 0.25) is 0 Å². The van der Waals surface area contributed by atoms with E-state index in [0.717, 1.165) is 16.7 Å². The van der Waals surface area contributed by atoms with E-state index in [2.05, 4.69) is 29.1 Å². The monoisotopic (exact) mass is 761 g/mol. The molecule has 1 aliphatic heterocycles. The molecule has 0 unspecified atom stereocenters. The van der Waals surface area contributed by atoms with E-state index in [1.165, 1.54) is 17.7 Å². The topological polar surface area (TPSA) is 196 Å². The number of methoxy groups -OCH3 is 2. The van der Waals surface area contributed by atoms with Crippen molar-refractivity contribution in [1.82, 2.24) is 20.5 Å². The minimum atomic E-state index is -1.13. The van der Waals surface area contributed by atoms with E-state index in [1.54, 1.807) is 41.1 Å².